The number of aromatic nitrogens is 2. The quantitative estimate of drug-likeness (QED) is 0.495. The van der Waals surface area contributed by atoms with E-state index >= 15 is 0 Å². The molecule has 1 aliphatic heterocycles. The molecule has 2 amide bonds. The minimum absolute atomic E-state index is 0.0759. The summed E-state index contributed by atoms with van der Waals surface area (Å²) in [5, 5.41) is 2.75. The van der Waals surface area contributed by atoms with Crippen LogP contribution in [0.1, 0.15) is 25.1 Å². The number of sulfonamides is 1. The Morgan fingerprint density at radius 1 is 1.15 bits per heavy atom. The normalized spacial score (nSPS) is 14.6. The number of hydrogen-bond donors (Lipinski definition) is 2. The van der Waals surface area contributed by atoms with Gasteiger partial charge >= 0.3 is 5.97 Å². The lowest BCUT2D eigenvalue weighted by Gasteiger charge is -2.31. The van der Waals surface area contributed by atoms with Crippen molar-refractivity contribution < 1.29 is 27.5 Å². The zero-order valence-corrected chi connectivity index (χ0v) is 20.0. The topological polar surface area (TPSA) is 140 Å². The molecule has 1 fully saturated rings. The monoisotopic (exact) mass is 491 g/mol. The third-order valence-corrected chi connectivity index (χ3v) is 6.93. The number of carbonyl (C=O) groups is 3. The summed E-state index contributed by atoms with van der Waals surface area (Å²) in [4.78, 5) is 42.2. The SMILES string of the molecule is Cc1nc(S(=O)(=O)NCCC(=O)OCC(=O)N2CCC(C(=O)Nc3ccccc3)CC2)cn1C. The van der Waals surface area contributed by atoms with Crippen LogP contribution in [-0.4, -0.2) is 66.9 Å². The van der Waals surface area contributed by atoms with Crippen LogP contribution >= 0.6 is 0 Å². The summed E-state index contributed by atoms with van der Waals surface area (Å²) in [7, 11) is -2.16. The molecule has 2 heterocycles. The van der Waals surface area contributed by atoms with E-state index in [9.17, 15) is 22.8 Å². The Hall–Kier alpha value is -3.25. The van der Waals surface area contributed by atoms with Crippen LogP contribution < -0.4 is 10.0 Å². The molecule has 1 saturated heterocycles. The number of esters is 1. The van der Waals surface area contributed by atoms with Gasteiger partial charge in [-0.3, -0.25) is 14.4 Å². The summed E-state index contributed by atoms with van der Waals surface area (Å²) in [6.45, 7) is 1.87. The van der Waals surface area contributed by atoms with Crippen molar-refractivity contribution >= 4 is 33.5 Å². The number of imidazole rings is 1. The van der Waals surface area contributed by atoms with Crippen molar-refractivity contribution in [2.24, 2.45) is 13.0 Å². The number of hydrogen-bond acceptors (Lipinski definition) is 7. The summed E-state index contributed by atoms with van der Waals surface area (Å²) in [5.74, 6) is -0.764. The molecule has 2 N–H and O–H groups in total. The smallest absolute Gasteiger partial charge is 0.307 e. The Labute approximate surface area is 198 Å². The van der Waals surface area contributed by atoms with Crippen molar-refractivity contribution in [3.63, 3.8) is 0 Å². The van der Waals surface area contributed by atoms with Gasteiger partial charge in [0.05, 0.1) is 6.42 Å². The highest BCUT2D eigenvalue weighted by Gasteiger charge is 2.28. The molecule has 2 aromatic rings. The lowest BCUT2D eigenvalue weighted by Crippen LogP contribution is -2.43. The first-order valence-corrected chi connectivity index (χ1v) is 12.4. The number of likely N-dealkylation sites (tertiary alicyclic amines) is 1. The van der Waals surface area contributed by atoms with Crippen LogP contribution in [0.2, 0.25) is 0 Å². The second kappa shape index (κ2) is 11.3. The fraction of sp³-hybridized carbons (Fsp3) is 0.455. The Morgan fingerprint density at radius 3 is 2.44 bits per heavy atom. The van der Waals surface area contributed by atoms with Gasteiger partial charge in [0.15, 0.2) is 11.6 Å². The molecule has 12 heteroatoms. The largest absolute Gasteiger partial charge is 0.456 e. The first kappa shape index (κ1) is 25.4. The molecule has 1 aromatic heterocycles. The zero-order valence-electron chi connectivity index (χ0n) is 19.2. The van der Waals surface area contributed by atoms with Gasteiger partial charge < -0.3 is 19.5 Å². The van der Waals surface area contributed by atoms with Gasteiger partial charge in [-0.15, -0.1) is 0 Å². The van der Waals surface area contributed by atoms with Gasteiger partial charge in [0, 0.05) is 44.5 Å². The number of carbonyl (C=O) groups excluding carboxylic acids is 3. The summed E-state index contributed by atoms with van der Waals surface area (Å²) in [5.41, 5.74) is 0.732. The molecule has 0 bridgehead atoms. The van der Waals surface area contributed by atoms with Crippen LogP contribution in [-0.2, 0) is 36.2 Å². The van der Waals surface area contributed by atoms with E-state index in [2.05, 4.69) is 15.0 Å². The number of para-hydroxylation sites is 1. The molecule has 0 unspecified atom stereocenters. The number of aryl methyl sites for hydroxylation is 2. The Bertz CT molecular complexity index is 1100. The third kappa shape index (κ3) is 6.87. The van der Waals surface area contributed by atoms with E-state index in [1.54, 1.807) is 23.4 Å². The molecule has 11 nitrogen and oxygen atoms in total. The molecule has 0 spiro atoms. The number of anilines is 1. The van der Waals surface area contributed by atoms with Crippen LogP contribution in [0.4, 0.5) is 5.69 Å². The highest BCUT2D eigenvalue weighted by molar-refractivity contribution is 7.89. The molecular weight excluding hydrogens is 462 g/mol. The van der Waals surface area contributed by atoms with E-state index in [0.717, 1.165) is 5.69 Å². The minimum atomic E-state index is -3.84. The number of amides is 2. The molecule has 1 aliphatic rings. The molecule has 3 rings (SSSR count). The predicted octanol–water partition coefficient (Wildman–Crippen LogP) is 0.817. The summed E-state index contributed by atoms with van der Waals surface area (Å²) in [6.07, 6.45) is 2.20. The molecular formula is C22H29N5O6S. The molecule has 34 heavy (non-hydrogen) atoms. The second-order valence-corrected chi connectivity index (χ2v) is 9.77. The van der Waals surface area contributed by atoms with Crippen LogP contribution in [0.3, 0.4) is 0 Å². The van der Waals surface area contributed by atoms with Crippen LogP contribution in [0.5, 0.6) is 0 Å². The van der Waals surface area contributed by atoms with E-state index < -0.39 is 22.6 Å². The van der Waals surface area contributed by atoms with Crippen LogP contribution in [0.25, 0.3) is 0 Å². The highest BCUT2D eigenvalue weighted by Crippen LogP contribution is 2.19. The van der Waals surface area contributed by atoms with E-state index in [1.165, 1.54) is 6.20 Å². The van der Waals surface area contributed by atoms with Crippen molar-refractivity contribution in [1.29, 1.82) is 0 Å². The van der Waals surface area contributed by atoms with Crippen LogP contribution in [0, 0.1) is 12.8 Å². The molecule has 0 aliphatic carbocycles. The second-order valence-electron chi connectivity index (χ2n) is 8.06. The summed E-state index contributed by atoms with van der Waals surface area (Å²) >= 11 is 0. The Balaban J connectivity index is 1.34. The molecule has 0 radical (unpaired) electrons. The van der Waals surface area contributed by atoms with Gasteiger partial charge in [0.2, 0.25) is 5.91 Å². The van der Waals surface area contributed by atoms with Gasteiger partial charge in [-0.25, -0.2) is 18.1 Å². The maximum atomic E-state index is 12.4. The third-order valence-electron chi connectivity index (χ3n) is 5.60. The summed E-state index contributed by atoms with van der Waals surface area (Å²) < 4.78 is 33.3. The van der Waals surface area contributed by atoms with E-state index in [-0.39, 0.29) is 35.7 Å². The van der Waals surface area contributed by atoms with Gasteiger partial charge in [-0.2, -0.15) is 0 Å². The fourth-order valence-corrected chi connectivity index (χ4v) is 4.55. The van der Waals surface area contributed by atoms with E-state index in [4.69, 9.17) is 4.74 Å². The van der Waals surface area contributed by atoms with Crippen molar-refractivity contribution in [2.45, 2.75) is 31.2 Å². The zero-order chi connectivity index (χ0) is 24.7. The highest BCUT2D eigenvalue weighted by atomic mass is 32.2. The molecule has 0 saturated carbocycles. The molecule has 1 aromatic carbocycles. The van der Waals surface area contributed by atoms with Crippen molar-refractivity contribution in [2.75, 3.05) is 31.6 Å². The standard InChI is InChI=1S/C22H29N5O6S/c1-16-24-19(14-26(16)2)34(31,32)23-11-8-21(29)33-15-20(28)27-12-9-17(10-13-27)22(30)25-18-6-4-3-5-7-18/h3-7,14,17,23H,8-13,15H2,1-2H3,(H,25,30). The molecule has 0 atom stereocenters. The Kier molecular flexibility index (Phi) is 8.40. The van der Waals surface area contributed by atoms with Crippen molar-refractivity contribution in [3.05, 3.63) is 42.4 Å². The van der Waals surface area contributed by atoms with Crippen molar-refractivity contribution in [1.82, 2.24) is 19.2 Å². The van der Waals surface area contributed by atoms with Gasteiger partial charge in [0.1, 0.15) is 5.82 Å². The molecule has 184 valence electrons. The van der Waals surface area contributed by atoms with Crippen molar-refractivity contribution in [3.8, 4) is 0 Å². The Morgan fingerprint density at radius 2 is 1.82 bits per heavy atom. The number of benzene rings is 1. The average molecular weight is 492 g/mol. The van der Waals surface area contributed by atoms with Gasteiger partial charge in [0.25, 0.3) is 15.9 Å². The van der Waals surface area contributed by atoms with Gasteiger partial charge in [-0.05, 0) is 31.9 Å². The summed E-state index contributed by atoms with van der Waals surface area (Å²) in [6, 6.07) is 9.18. The number of piperidine rings is 1. The number of rotatable bonds is 9. The first-order chi connectivity index (χ1) is 16.2. The number of nitrogens with zero attached hydrogens (tertiary/aromatic N) is 3. The van der Waals surface area contributed by atoms with Gasteiger partial charge in [-0.1, -0.05) is 18.2 Å². The lowest BCUT2D eigenvalue weighted by molar-refractivity contribution is -0.152. The first-order valence-electron chi connectivity index (χ1n) is 10.9. The van der Waals surface area contributed by atoms with E-state index in [1.807, 2.05) is 30.3 Å². The fourth-order valence-electron chi connectivity index (χ4n) is 3.48. The maximum Gasteiger partial charge on any atom is 0.307 e. The maximum absolute atomic E-state index is 12.4. The number of nitrogens with one attached hydrogen (secondary N) is 2. The minimum Gasteiger partial charge on any atom is -0.456 e. The predicted molar refractivity (Wildman–Crippen MR) is 123 cm³/mol. The lowest BCUT2D eigenvalue weighted by atomic mass is 9.95. The number of ether oxygens (including phenoxy) is 1. The van der Waals surface area contributed by atoms with E-state index in [0.29, 0.717) is 31.8 Å². The average Bonchev–Trinajstić information content (AvgIpc) is 3.17. The van der Waals surface area contributed by atoms with Crippen LogP contribution in [0.15, 0.2) is 41.6 Å².